The summed E-state index contributed by atoms with van der Waals surface area (Å²) >= 11 is 0. The second-order valence-electron chi connectivity index (χ2n) is 4.34. The predicted molar refractivity (Wildman–Crippen MR) is 80.8 cm³/mol. The highest BCUT2D eigenvalue weighted by Gasteiger charge is 2.17. The number of ether oxygens (including phenoxy) is 3. The first kappa shape index (κ1) is 15.6. The van der Waals surface area contributed by atoms with Crippen molar-refractivity contribution in [3.8, 4) is 17.5 Å². The lowest BCUT2D eigenvalue weighted by Gasteiger charge is -2.13. The van der Waals surface area contributed by atoms with Gasteiger partial charge in [-0.3, -0.25) is 9.78 Å². The minimum atomic E-state index is -0.365. The average Bonchev–Trinajstić information content (AvgIpc) is 2.54. The van der Waals surface area contributed by atoms with Crippen LogP contribution in [0.15, 0.2) is 24.4 Å². The Morgan fingerprint density at radius 2 is 1.86 bits per heavy atom. The molecular formula is C15H17N3O4. The van der Waals surface area contributed by atoms with Crippen LogP contribution in [-0.4, -0.2) is 37.2 Å². The third-order valence-electron chi connectivity index (χ3n) is 3.02. The Bertz CT molecular complexity index is 688. The lowest BCUT2D eigenvalue weighted by molar-refractivity contribution is 0.102. The molecule has 0 atom stereocenters. The van der Waals surface area contributed by atoms with Gasteiger partial charge in [0.15, 0.2) is 5.75 Å². The Labute approximate surface area is 128 Å². The summed E-state index contributed by atoms with van der Waals surface area (Å²) in [5.74, 6) is 0.694. The quantitative estimate of drug-likeness (QED) is 0.910. The van der Waals surface area contributed by atoms with E-state index in [9.17, 15) is 4.79 Å². The summed E-state index contributed by atoms with van der Waals surface area (Å²) in [4.78, 5) is 20.6. The van der Waals surface area contributed by atoms with Gasteiger partial charge in [-0.1, -0.05) is 0 Å². The fourth-order valence-corrected chi connectivity index (χ4v) is 1.96. The highest BCUT2D eigenvalue weighted by molar-refractivity contribution is 6.06. The lowest BCUT2D eigenvalue weighted by atomic mass is 10.2. The van der Waals surface area contributed by atoms with Gasteiger partial charge >= 0.3 is 0 Å². The van der Waals surface area contributed by atoms with Crippen molar-refractivity contribution < 1.29 is 19.0 Å². The van der Waals surface area contributed by atoms with Crippen LogP contribution in [0.4, 0.5) is 5.69 Å². The number of amides is 1. The van der Waals surface area contributed by atoms with Crippen molar-refractivity contribution >= 4 is 11.6 Å². The van der Waals surface area contributed by atoms with Gasteiger partial charge in [-0.25, -0.2) is 0 Å². The number of nitrogens with zero attached hydrogens (tertiary/aromatic N) is 2. The number of aryl methyl sites for hydroxylation is 1. The molecule has 0 bridgehead atoms. The van der Waals surface area contributed by atoms with Gasteiger partial charge in [-0.15, -0.1) is 0 Å². The van der Waals surface area contributed by atoms with E-state index in [2.05, 4.69) is 15.3 Å². The van der Waals surface area contributed by atoms with E-state index in [1.165, 1.54) is 21.3 Å². The van der Waals surface area contributed by atoms with Crippen LogP contribution in [0.5, 0.6) is 17.5 Å². The summed E-state index contributed by atoms with van der Waals surface area (Å²) in [6, 6.07) is 4.83. The maximum absolute atomic E-state index is 12.4. The molecule has 0 unspecified atom stereocenters. The molecule has 0 aliphatic carbocycles. The van der Waals surface area contributed by atoms with Crippen LogP contribution in [0.2, 0.25) is 0 Å². The Morgan fingerprint density at radius 1 is 1.09 bits per heavy atom. The van der Waals surface area contributed by atoms with Crippen molar-refractivity contribution in [2.45, 2.75) is 6.92 Å². The maximum atomic E-state index is 12.4. The number of pyridine rings is 2. The summed E-state index contributed by atoms with van der Waals surface area (Å²) in [6.07, 6.45) is 1.59. The van der Waals surface area contributed by atoms with E-state index in [0.29, 0.717) is 28.6 Å². The molecule has 2 aromatic heterocycles. The largest absolute Gasteiger partial charge is 0.493 e. The highest BCUT2D eigenvalue weighted by Crippen LogP contribution is 2.28. The van der Waals surface area contributed by atoms with E-state index in [0.717, 1.165) is 0 Å². The van der Waals surface area contributed by atoms with Crippen molar-refractivity contribution in [1.82, 2.24) is 9.97 Å². The van der Waals surface area contributed by atoms with Gasteiger partial charge in [-0.2, -0.15) is 4.98 Å². The predicted octanol–water partition coefficient (Wildman–Crippen LogP) is 2.06. The van der Waals surface area contributed by atoms with Crippen molar-refractivity contribution in [1.29, 1.82) is 0 Å². The van der Waals surface area contributed by atoms with E-state index in [1.54, 1.807) is 31.3 Å². The summed E-state index contributed by atoms with van der Waals surface area (Å²) in [7, 11) is 4.46. The third kappa shape index (κ3) is 3.08. The third-order valence-corrected chi connectivity index (χ3v) is 3.02. The average molecular weight is 303 g/mol. The zero-order valence-corrected chi connectivity index (χ0v) is 12.8. The first-order valence-corrected chi connectivity index (χ1v) is 6.50. The Kier molecular flexibility index (Phi) is 4.77. The number of hydrogen-bond acceptors (Lipinski definition) is 6. The smallest absolute Gasteiger partial charge is 0.261 e. The van der Waals surface area contributed by atoms with E-state index in [-0.39, 0.29) is 11.8 Å². The summed E-state index contributed by atoms with van der Waals surface area (Å²) < 4.78 is 15.4. The highest BCUT2D eigenvalue weighted by atomic mass is 16.5. The molecule has 0 aromatic carbocycles. The standard InChI is InChI=1S/C15H17N3O4/c1-9-13(21-3)11(7-8-16-9)17-14(19)10-5-6-12(20-2)18-15(10)22-4/h5-8H,1-4H3,(H,16,17,19). The van der Waals surface area contributed by atoms with E-state index in [1.807, 2.05) is 0 Å². The second kappa shape index (κ2) is 6.75. The van der Waals surface area contributed by atoms with Crippen LogP contribution >= 0.6 is 0 Å². The lowest BCUT2D eigenvalue weighted by Crippen LogP contribution is -2.15. The first-order valence-electron chi connectivity index (χ1n) is 6.50. The molecule has 0 fully saturated rings. The van der Waals surface area contributed by atoms with E-state index in [4.69, 9.17) is 14.2 Å². The SMILES string of the molecule is COc1ccc(C(=O)Nc2ccnc(C)c2OC)c(OC)n1. The Hall–Kier alpha value is -2.83. The number of methoxy groups -OCH3 is 3. The molecular weight excluding hydrogens is 286 g/mol. The topological polar surface area (TPSA) is 82.6 Å². The van der Waals surface area contributed by atoms with Gasteiger partial charge in [0.25, 0.3) is 5.91 Å². The molecule has 1 N–H and O–H groups in total. The van der Waals surface area contributed by atoms with Crippen LogP contribution in [0.1, 0.15) is 16.1 Å². The van der Waals surface area contributed by atoms with Crippen LogP contribution in [-0.2, 0) is 0 Å². The van der Waals surface area contributed by atoms with Gasteiger partial charge in [0, 0.05) is 12.3 Å². The van der Waals surface area contributed by atoms with Gasteiger partial charge in [0.1, 0.15) is 5.56 Å². The summed E-state index contributed by atoms with van der Waals surface area (Å²) in [5, 5.41) is 2.77. The summed E-state index contributed by atoms with van der Waals surface area (Å²) in [5.41, 5.74) is 1.50. The van der Waals surface area contributed by atoms with Crippen LogP contribution in [0, 0.1) is 6.92 Å². The van der Waals surface area contributed by atoms with Crippen LogP contribution < -0.4 is 19.5 Å². The van der Waals surface area contributed by atoms with Crippen LogP contribution in [0.3, 0.4) is 0 Å². The molecule has 7 nitrogen and oxygen atoms in total. The molecule has 0 aliphatic heterocycles. The fourth-order valence-electron chi connectivity index (χ4n) is 1.96. The molecule has 2 heterocycles. The molecule has 2 rings (SSSR count). The van der Waals surface area contributed by atoms with Gasteiger partial charge in [0.05, 0.1) is 32.7 Å². The number of nitrogens with one attached hydrogen (secondary N) is 1. The number of carbonyl (C=O) groups is 1. The number of carbonyl (C=O) groups excluding carboxylic acids is 1. The van der Waals surface area contributed by atoms with Gasteiger partial charge in [0.2, 0.25) is 11.8 Å². The Balaban J connectivity index is 2.32. The number of rotatable bonds is 5. The van der Waals surface area contributed by atoms with Crippen molar-refractivity contribution in [3.63, 3.8) is 0 Å². The fraction of sp³-hybridized carbons (Fsp3) is 0.267. The molecule has 0 radical (unpaired) electrons. The number of anilines is 1. The molecule has 22 heavy (non-hydrogen) atoms. The van der Waals surface area contributed by atoms with Crippen LogP contribution in [0.25, 0.3) is 0 Å². The number of hydrogen-bond donors (Lipinski definition) is 1. The first-order chi connectivity index (χ1) is 10.6. The molecule has 7 heteroatoms. The molecule has 0 aliphatic rings. The minimum absolute atomic E-state index is 0.182. The molecule has 0 saturated carbocycles. The molecule has 0 saturated heterocycles. The monoisotopic (exact) mass is 303 g/mol. The number of aromatic nitrogens is 2. The van der Waals surface area contributed by atoms with Gasteiger partial charge < -0.3 is 19.5 Å². The minimum Gasteiger partial charge on any atom is -0.493 e. The maximum Gasteiger partial charge on any atom is 0.261 e. The molecule has 0 spiro atoms. The molecule has 116 valence electrons. The van der Waals surface area contributed by atoms with E-state index >= 15 is 0 Å². The van der Waals surface area contributed by atoms with Crippen molar-refractivity contribution in [2.24, 2.45) is 0 Å². The summed E-state index contributed by atoms with van der Waals surface area (Å²) in [6.45, 7) is 1.80. The second-order valence-corrected chi connectivity index (χ2v) is 4.34. The van der Waals surface area contributed by atoms with Gasteiger partial charge in [-0.05, 0) is 19.1 Å². The Morgan fingerprint density at radius 3 is 2.50 bits per heavy atom. The van der Waals surface area contributed by atoms with E-state index < -0.39 is 0 Å². The normalized spacial score (nSPS) is 10.0. The van der Waals surface area contributed by atoms with Crippen molar-refractivity contribution in [3.05, 3.63) is 35.7 Å². The van der Waals surface area contributed by atoms with Crippen molar-refractivity contribution in [2.75, 3.05) is 26.6 Å². The zero-order valence-electron chi connectivity index (χ0n) is 12.8. The molecule has 2 aromatic rings. The molecule has 1 amide bonds. The zero-order chi connectivity index (χ0) is 16.1.